The van der Waals surface area contributed by atoms with Gasteiger partial charge in [-0.15, -0.1) is 0 Å². The van der Waals surface area contributed by atoms with Crippen LogP contribution in [0.2, 0.25) is 0 Å². The summed E-state index contributed by atoms with van der Waals surface area (Å²) in [6, 6.07) is 0. The molecule has 0 rings (SSSR count). The molecule has 0 aromatic rings. The molecule has 0 heterocycles. The molecule has 0 amide bonds. The van der Waals surface area contributed by atoms with Crippen molar-refractivity contribution in [1.82, 2.24) is 0 Å². The van der Waals surface area contributed by atoms with E-state index < -0.39 is 11.9 Å². The molecule has 0 radical (unpaired) electrons. The molecular formula is C7H12N2O3. The molecule has 1 unspecified atom stereocenters. The number of hydrogen-bond donors (Lipinski definition) is 1. The Hall–Kier alpha value is -1.39. The number of rotatable bonds is 3. The second-order valence-electron chi connectivity index (χ2n) is 2.34. The van der Waals surface area contributed by atoms with Crippen LogP contribution in [0.4, 0.5) is 0 Å². The molecule has 0 aliphatic heterocycles. The number of nitrogens with two attached hydrogens (primary N) is 1. The van der Waals surface area contributed by atoms with Gasteiger partial charge in [-0.3, -0.25) is 4.79 Å². The van der Waals surface area contributed by atoms with E-state index in [1.54, 1.807) is 6.92 Å². The van der Waals surface area contributed by atoms with E-state index in [1.165, 1.54) is 14.0 Å². The lowest BCUT2D eigenvalue weighted by Gasteiger charge is -2.07. The summed E-state index contributed by atoms with van der Waals surface area (Å²) in [7, 11) is 1.21. The van der Waals surface area contributed by atoms with Crippen molar-refractivity contribution in [2.24, 2.45) is 16.9 Å². The van der Waals surface area contributed by atoms with Gasteiger partial charge in [-0.2, -0.15) is 5.10 Å². The maximum Gasteiger partial charge on any atom is 0.354 e. The summed E-state index contributed by atoms with van der Waals surface area (Å²) in [5.74, 6) is 3.47. The lowest BCUT2D eigenvalue weighted by atomic mass is 10.0. The molecule has 68 valence electrons. The normalized spacial score (nSPS) is 13.8. The van der Waals surface area contributed by atoms with E-state index >= 15 is 0 Å². The number of nitrogens with zero attached hydrogens (tertiary/aromatic N) is 1. The summed E-state index contributed by atoms with van der Waals surface area (Å²) in [5.41, 5.74) is -0.0509. The van der Waals surface area contributed by atoms with Gasteiger partial charge in [0.2, 0.25) is 0 Å². The van der Waals surface area contributed by atoms with E-state index in [0.717, 1.165) is 0 Å². The van der Waals surface area contributed by atoms with Crippen molar-refractivity contribution in [3.63, 3.8) is 0 Å². The van der Waals surface area contributed by atoms with Gasteiger partial charge in [0, 0.05) is 0 Å². The van der Waals surface area contributed by atoms with Crippen molar-refractivity contribution in [3.8, 4) is 0 Å². The van der Waals surface area contributed by atoms with Crippen molar-refractivity contribution in [2.75, 3.05) is 7.11 Å². The highest BCUT2D eigenvalue weighted by atomic mass is 16.5. The Kier molecular flexibility index (Phi) is 3.96. The summed E-state index contributed by atoms with van der Waals surface area (Å²) < 4.78 is 4.37. The average molecular weight is 172 g/mol. The van der Waals surface area contributed by atoms with Crippen LogP contribution in [0.3, 0.4) is 0 Å². The number of carbonyl (C=O) groups is 2. The Labute approximate surface area is 70.6 Å². The molecule has 2 N–H and O–H groups in total. The number of esters is 1. The Morgan fingerprint density at radius 1 is 1.50 bits per heavy atom. The van der Waals surface area contributed by atoms with E-state index in [0.29, 0.717) is 0 Å². The summed E-state index contributed by atoms with van der Waals surface area (Å²) in [6.07, 6.45) is 0. The second-order valence-corrected chi connectivity index (χ2v) is 2.34. The zero-order chi connectivity index (χ0) is 9.72. The SMILES string of the molecule is COC(=O)C(=NN)C(C)C(C)=O. The summed E-state index contributed by atoms with van der Waals surface area (Å²) in [4.78, 5) is 21.7. The topological polar surface area (TPSA) is 81.8 Å². The van der Waals surface area contributed by atoms with Gasteiger partial charge in [0.15, 0.2) is 5.71 Å². The van der Waals surface area contributed by atoms with Gasteiger partial charge in [-0.1, -0.05) is 0 Å². The monoisotopic (exact) mass is 172 g/mol. The lowest BCUT2D eigenvalue weighted by molar-refractivity contribution is -0.133. The molecule has 0 saturated heterocycles. The largest absolute Gasteiger partial charge is 0.464 e. The van der Waals surface area contributed by atoms with Gasteiger partial charge in [-0.05, 0) is 13.8 Å². The maximum atomic E-state index is 10.9. The van der Waals surface area contributed by atoms with Crippen molar-refractivity contribution in [1.29, 1.82) is 0 Å². The fraction of sp³-hybridized carbons (Fsp3) is 0.571. The number of carbonyl (C=O) groups excluding carboxylic acids is 2. The lowest BCUT2D eigenvalue weighted by Crippen LogP contribution is -2.29. The highest BCUT2D eigenvalue weighted by Gasteiger charge is 2.22. The van der Waals surface area contributed by atoms with Crippen molar-refractivity contribution in [2.45, 2.75) is 13.8 Å². The molecule has 0 spiro atoms. The molecule has 0 saturated carbocycles. The minimum atomic E-state index is -0.666. The third-order valence-electron chi connectivity index (χ3n) is 1.55. The number of ketones is 1. The molecule has 12 heavy (non-hydrogen) atoms. The van der Waals surface area contributed by atoms with Gasteiger partial charge in [-0.25, -0.2) is 4.79 Å². The van der Waals surface area contributed by atoms with Crippen LogP contribution in [-0.2, 0) is 14.3 Å². The van der Waals surface area contributed by atoms with Gasteiger partial charge < -0.3 is 10.6 Å². The first-order valence-electron chi connectivity index (χ1n) is 3.41. The first kappa shape index (κ1) is 10.6. The zero-order valence-electron chi connectivity index (χ0n) is 7.33. The molecule has 0 aromatic carbocycles. The third kappa shape index (κ3) is 2.34. The number of ether oxygens (including phenoxy) is 1. The fourth-order valence-corrected chi connectivity index (χ4v) is 0.638. The van der Waals surface area contributed by atoms with E-state index in [2.05, 4.69) is 9.84 Å². The molecule has 0 aliphatic rings. The van der Waals surface area contributed by atoms with Crippen molar-refractivity contribution in [3.05, 3.63) is 0 Å². The molecule has 5 nitrogen and oxygen atoms in total. The average Bonchev–Trinajstić information content (AvgIpc) is 2.05. The van der Waals surface area contributed by atoms with Crippen LogP contribution in [0.25, 0.3) is 0 Å². The van der Waals surface area contributed by atoms with Gasteiger partial charge in [0.25, 0.3) is 0 Å². The van der Waals surface area contributed by atoms with Crippen LogP contribution >= 0.6 is 0 Å². The van der Waals surface area contributed by atoms with Crippen LogP contribution in [0, 0.1) is 5.92 Å². The molecule has 0 aromatic heterocycles. The van der Waals surface area contributed by atoms with E-state index in [4.69, 9.17) is 5.84 Å². The highest BCUT2D eigenvalue weighted by Crippen LogP contribution is 2.01. The Morgan fingerprint density at radius 3 is 2.25 bits per heavy atom. The summed E-state index contributed by atoms with van der Waals surface area (Å²) in [6.45, 7) is 2.91. The number of Topliss-reactive ketones (excluding diaryl/α,β-unsaturated/α-hetero) is 1. The Balaban J connectivity index is 4.58. The molecule has 5 heteroatoms. The molecule has 0 fully saturated rings. The molecular weight excluding hydrogens is 160 g/mol. The van der Waals surface area contributed by atoms with E-state index in [-0.39, 0.29) is 11.5 Å². The standard InChI is InChI=1S/C7H12N2O3/c1-4(5(2)10)6(9-8)7(11)12-3/h4H,8H2,1-3H3. The van der Waals surface area contributed by atoms with Crippen LogP contribution in [0.15, 0.2) is 5.10 Å². The maximum absolute atomic E-state index is 10.9. The van der Waals surface area contributed by atoms with E-state index in [1.807, 2.05) is 0 Å². The summed E-state index contributed by atoms with van der Waals surface area (Å²) in [5, 5.41) is 3.20. The van der Waals surface area contributed by atoms with Crippen LogP contribution in [0.5, 0.6) is 0 Å². The van der Waals surface area contributed by atoms with Gasteiger partial charge >= 0.3 is 5.97 Å². The zero-order valence-corrected chi connectivity index (χ0v) is 7.33. The molecule has 1 atom stereocenters. The van der Waals surface area contributed by atoms with Crippen molar-refractivity contribution < 1.29 is 14.3 Å². The number of hydrogen-bond acceptors (Lipinski definition) is 5. The first-order chi connectivity index (χ1) is 5.54. The smallest absolute Gasteiger partial charge is 0.354 e. The first-order valence-corrected chi connectivity index (χ1v) is 3.41. The van der Waals surface area contributed by atoms with Crippen LogP contribution < -0.4 is 5.84 Å². The predicted octanol–water partition coefficient (Wildman–Crippen LogP) is -0.301. The van der Waals surface area contributed by atoms with E-state index in [9.17, 15) is 9.59 Å². The van der Waals surface area contributed by atoms with Crippen molar-refractivity contribution >= 4 is 17.5 Å². The predicted molar refractivity (Wildman–Crippen MR) is 43.5 cm³/mol. The third-order valence-corrected chi connectivity index (χ3v) is 1.55. The number of methoxy groups -OCH3 is 1. The second kappa shape index (κ2) is 4.48. The molecule has 0 bridgehead atoms. The Morgan fingerprint density at radius 2 is 2.00 bits per heavy atom. The summed E-state index contributed by atoms with van der Waals surface area (Å²) >= 11 is 0. The van der Waals surface area contributed by atoms with Crippen LogP contribution in [-0.4, -0.2) is 24.6 Å². The van der Waals surface area contributed by atoms with Crippen LogP contribution in [0.1, 0.15) is 13.8 Å². The minimum absolute atomic E-state index is 0.0509. The highest BCUT2D eigenvalue weighted by molar-refractivity contribution is 6.40. The minimum Gasteiger partial charge on any atom is -0.464 e. The van der Waals surface area contributed by atoms with Gasteiger partial charge in [0.1, 0.15) is 5.78 Å². The van der Waals surface area contributed by atoms with Gasteiger partial charge in [0.05, 0.1) is 13.0 Å². The fourth-order valence-electron chi connectivity index (χ4n) is 0.638. The quantitative estimate of drug-likeness (QED) is 0.274. The Bertz CT molecular complexity index is 223. The molecule has 0 aliphatic carbocycles. The number of hydrazone groups is 1.